The highest BCUT2D eigenvalue weighted by Gasteiger charge is 2.33. The predicted molar refractivity (Wildman–Crippen MR) is 76.9 cm³/mol. The lowest BCUT2D eigenvalue weighted by Gasteiger charge is -2.38. The standard InChI is InChI=1S/C16H29NO2/c1-12-8-14(10-16(2,3)9-12)19-15(18)5-4-13-6-7-17-11-13/h12-14,17H,4-11H2,1-3H3. The molecule has 1 N–H and O–H groups in total. The second-order valence-corrected chi connectivity index (χ2v) is 7.42. The molecule has 1 aliphatic carbocycles. The fourth-order valence-corrected chi connectivity index (χ4v) is 3.88. The number of esters is 1. The van der Waals surface area contributed by atoms with Gasteiger partial charge in [-0.15, -0.1) is 0 Å². The van der Waals surface area contributed by atoms with Crippen LogP contribution in [0.4, 0.5) is 0 Å². The van der Waals surface area contributed by atoms with Crippen molar-refractivity contribution in [2.75, 3.05) is 13.1 Å². The Kier molecular flexibility index (Phi) is 4.88. The first-order valence-corrected chi connectivity index (χ1v) is 7.85. The fourth-order valence-electron chi connectivity index (χ4n) is 3.88. The summed E-state index contributed by atoms with van der Waals surface area (Å²) in [6.45, 7) is 9.02. The molecule has 0 aromatic heterocycles. The third-order valence-electron chi connectivity index (χ3n) is 4.56. The van der Waals surface area contributed by atoms with E-state index >= 15 is 0 Å². The molecule has 2 aliphatic rings. The molecule has 2 fully saturated rings. The van der Waals surface area contributed by atoms with Gasteiger partial charge in [0, 0.05) is 6.42 Å². The second kappa shape index (κ2) is 6.25. The van der Waals surface area contributed by atoms with Gasteiger partial charge in [-0.2, -0.15) is 0 Å². The van der Waals surface area contributed by atoms with Crippen molar-refractivity contribution < 1.29 is 9.53 Å². The van der Waals surface area contributed by atoms with Gasteiger partial charge in [0.1, 0.15) is 6.10 Å². The average Bonchev–Trinajstić information content (AvgIpc) is 2.75. The van der Waals surface area contributed by atoms with Crippen molar-refractivity contribution in [3.63, 3.8) is 0 Å². The molecular formula is C16H29NO2. The van der Waals surface area contributed by atoms with Crippen LogP contribution in [-0.2, 0) is 9.53 Å². The van der Waals surface area contributed by atoms with E-state index in [0.717, 1.165) is 32.4 Å². The van der Waals surface area contributed by atoms with Crippen LogP contribution in [0, 0.1) is 17.3 Å². The Morgan fingerprint density at radius 1 is 1.37 bits per heavy atom. The molecule has 0 aromatic rings. The zero-order valence-corrected chi connectivity index (χ0v) is 12.7. The number of hydrogen-bond acceptors (Lipinski definition) is 3. The van der Waals surface area contributed by atoms with Gasteiger partial charge in [-0.3, -0.25) is 4.79 Å². The summed E-state index contributed by atoms with van der Waals surface area (Å²) in [5, 5.41) is 3.34. The SMILES string of the molecule is CC1CC(OC(=O)CCC2CCNC2)CC(C)(C)C1. The number of ether oxygens (including phenoxy) is 1. The first-order chi connectivity index (χ1) is 8.94. The minimum atomic E-state index is 0.0156. The Morgan fingerprint density at radius 2 is 2.16 bits per heavy atom. The Morgan fingerprint density at radius 3 is 2.79 bits per heavy atom. The van der Waals surface area contributed by atoms with Gasteiger partial charge in [0.15, 0.2) is 0 Å². The summed E-state index contributed by atoms with van der Waals surface area (Å²) >= 11 is 0. The van der Waals surface area contributed by atoms with E-state index in [4.69, 9.17) is 4.74 Å². The van der Waals surface area contributed by atoms with E-state index in [-0.39, 0.29) is 12.1 Å². The summed E-state index contributed by atoms with van der Waals surface area (Å²) in [5.41, 5.74) is 0.317. The van der Waals surface area contributed by atoms with Crippen molar-refractivity contribution in [2.24, 2.45) is 17.3 Å². The molecule has 1 saturated carbocycles. The summed E-state index contributed by atoms with van der Waals surface area (Å²) in [4.78, 5) is 11.9. The molecule has 1 saturated heterocycles. The van der Waals surface area contributed by atoms with Crippen LogP contribution >= 0.6 is 0 Å². The van der Waals surface area contributed by atoms with Gasteiger partial charge in [0.2, 0.25) is 0 Å². The molecule has 0 amide bonds. The van der Waals surface area contributed by atoms with E-state index in [0.29, 0.717) is 23.7 Å². The quantitative estimate of drug-likeness (QED) is 0.795. The highest BCUT2D eigenvalue weighted by molar-refractivity contribution is 5.69. The summed E-state index contributed by atoms with van der Waals surface area (Å²) in [7, 11) is 0. The largest absolute Gasteiger partial charge is 0.462 e. The van der Waals surface area contributed by atoms with E-state index in [1.807, 2.05) is 0 Å². The predicted octanol–water partition coefficient (Wildman–Crippen LogP) is 3.13. The topological polar surface area (TPSA) is 38.3 Å². The van der Waals surface area contributed by atoms with E-state index in [9.17, 15) is 4.79 Å². The van der Waals surface area contributed by atoms with E-state index in [1.165, 1.54) is 12.8 Å². The maximum atomic E-state index is 11.9. The van der Waals surface area contributed by atoms with Crippen molar-refractivity contribution in [1.29, 1.82) is 0 Å². The number of carbonyl (C=O) groups is 1. The summed E-state index contributed by atoms with van der Waals surface area (Å²) in [6.07, 6.45) is 6.24. The van der Waals surface area contributed by atoms with Gasteiger partial charge < -0.3 is 10.1 Å². The van der Waals surface area contributed by atoms with Crippen LogP contribution in [0.2, 0.25) is 0 Å². The smallest absolute Gasteiger partial charge is 0.306 e. The molecule has 0 radical (unpaired) electrons. The van der Waals surface area contributed by atoms with Gasteiger partial charge in [0.05, 0.1) is 0 Å². The van der Waals surface area contributed by atoms with Gasteiger partial charge in [-0.1, -0.05) is 20.8 Å². The number of hydrogen-bond donors (Lipinski definition) is 1. The van der Waals surface area contributed by atoms with Gasteiger partial charge in [-0.05, 0) is 62.4 Å². The minimum absolute atomic E-state index is 0.0156. The fraction of sp³-hybridized carbons (Fsp3) is 0.938. The van der Waals surface area contributed by atoms with Crippen LogP contribution in [-0.4, -0.2) is 25.2 Å². The average molecular weight is 267 g/mol. The zero-order valence-electron chi connectivity index (χ0n) is 12.7. The summed E-state index contributed by atoms with van der Waals surface area (Å²) in [6, 6.07) is 0. The van der Waals surface area contributed by atoms with Crippen molar-refractivity contribution in [2.45, 2.75) is 65.4 Å². The first-order valence-electron chi connectivity index (χ1n) is 7.85. The lowest BCUT2D eigenvalue weighted by Crippen LogP contribution is -2.34. The summed E-state index contributed by atoms with van der Waals surface area (Å²) in [5.74, 6) is 1.36. The lowest BCUT2D eigenvalue weighted by atomic mass is 9.71. The third-order valence-corrected chi connectivity index (χ3v) is 4.56. The van der Waals surface area contributed by atoms with Crippen LogP contribution < -0.4 is 5.32 Å². The number of nitrogens with one attached hydrogen (secondary N) is 1. The Hall–Kier alpha value is -0.570. The molecule has 2 rings (SSSR count). The number of rotatable bonds is 4. The van der Waals surface area contributed by atoms with Crippen molar-refractivity contribution in [1.82, 2.24) is 5.32 Å². The molecule has 110 valence electrons. The van der Waals surface area contributed by atoms with Crippen molar-refractivity contribution in [3.8, 4) is 0 Å². The molecule has 0 aromatic carbocycles. The van der Waals surface area contributed by atoms with E-state index in [2.05, 4.69) is 26.1 Å². The molecule has 3 atom stereocenters. The Labute approximate surface area is 117 Å². The van der Waals surface area contributed by atoms with Crippen LogP contribution in [0.15, 0.2) is 0 Å². The van der Waals surface area contributed by atoms with Crippen LogP contribution in [0.25, 0.3) is 0 Å². The maximum Gasteiger partial charge on any atom is 0.306 e. The molecule has 1 heterocycles. The highest BCUT2D eigenvalue weighted by atomic mass is 16.5. The zero-order chi connectivity index (χ0) is 13.9. The second-order valence-electron chi connectivity index (χ2n) is 7.42. The molecular weight excluding hydrogens is 238 g/mol. The Bertz CT molecular complexity index is 308. The van der Waals surface area contributed by atoms with Gasteiger partial charge in [0.25, 0.3) is 0 Å². The van der Waals surface area contributed by atoms with Crippen LogP contribution in [0.3, 0.4) is 0 Å². The van der Waals surface area contributed by atoms with Gasteiger partial charge >= 0.3 is 5.97 Å². The molecule has 3 nitrogen and oxygen atoms in total. The molecule has 3 unspecified atom stereocenters. The molecule has 3 heteroatoms. The normalized spacial score (nSPS) is 34.2. The van der Waals surface area contributed by atoms with E-state index < -0.39 is 0 Å². The van der Waals surface area contributed by atoms with Crippen molar-refractivity contribution >= 4 is 5.97 Å². The lowest BCUT2D eigenvalue weighted by molar-refractivity contribution is -0.153. The van der Waals surface area contributed by atoms with Crippen LogP contribution in [0.1, 0.15) is 59.3 Å². The van der Waals surface area contributed by atoms with Gasteiger partial charge in [-0.25, -0.2) is 0 Å². The van der Waals surface area contributed by atoms with Crippen molar-refractivity contribution in [3.05, 3.63) is 0 Å². The molecule has 19 heavy (non-hydrogen) atoms. The van der Waals surface area contributed by atoms with Crippen LogP contribution in [0.5, 0.6) is 0 Å². The highest BCUT2D eigenvalue weighted by Crippen LogP contribution is 2.39. The Balaban J connectivity index is 1.72. The maximum absolute atomic E-state index is 11.9. The molecule has 0 spiro atoms. The monoisotopic (exact) mass is 267 g/mol. The minimum Gasteiger partial charge on any atom is -0.462 e. The third kappa shape index (κ3) is 4.79. The molecule has 0 bridgehead atoms. The van der Waals surface area contributed by atoms with E-state index in [1.54, 1.807) is 0 Å². The first kappa shape index (κ1) is 14.8. The summed E-state index contributed by atoms with van der Waals surface area (Å²) < 4.78 is 5.70. The number of carbonyl (C=O) groups excluding carboxylic acids is 1. The molecule has 1 aliphatic heterocycles.